The highest BCUT2D eigenvalue weighted by atomic mass is 17.0. The Morgan fingerprint density at radius 3 is 2.44 bits per heavy atom. The van der Waals surface area contributed by atoms with Crippen LogP contribution >= 0.6 is 0 Å². The van der Waals surface area contributed by atoms with Gasteiger partial charge in [-0.3, -0.25) is 14.1 Å². The Morgan fingerprint density at radius 2 is 1.81 bits per heavy atom. The van der Waals surface area contributed by atoms with Crippen molar-refractivity contribution in [1.29, 1.82) is 0 Å². The summed E-state index contributed by atoms with van der Waals surface area (Å²) in [5.74, 6) is 0. The van der Waals surface area contributed by atoms with Crippen molar-refractivity contribution < 1.29 is 9.15 Å². The second-order valence-electron chi connectivity index (χ2n) is 4.53. The molecule has 0 amide bonds. The smallest absolute Gasteiger partial charge is 0.226 e. The Morgan fingerprint density at radius 1 is 1.06 bits per heavy atom. The molecule has 0 saturated carbocycles. The Bertz CT molecular complexity index is 466. The normalized spacial score (nSPS) is 19.6. The molecule has 3 rings (SSSR count). The van der Waals surface area contributed by atoms with Gasteiger partial charge in [-0.05, 0) is 24.7 Å². The molecule has 1 aliphatic heterocycles. The molecule has 2 heterocycles. The molecular formula is C12H16N2O2. The van der Waals surface area contributed by atoms with E-state index in [1.54, 1.807) is 0 Å². The van der Waals surface area contributed by atoms with E-state index in [9.17, 15) is 0 Å². The van der Waals surface area contributed by atoms with Gasteiger partial charge in [-0.1, -0.05) is 6.07 Å². The third kappa shape index (κ3) is 1.86. The highest BCUT2D eigenvalue weighted by Gasteiger charge is 2.14. The molecule has 1 aliphatic rings. The van der Waals surface area contributed by atoms with E-state index in [1.807, 2.05) is 6.07 Å². The molecule has 0 unspecified atom stereocenters. The van der Waals surface area contributed by atoms with E-state index in [-0.39, 0.29) is 0 Å². The zero-order chi connectivity index (χ0) is 11.0. The average molecular weight is 220 g/mol. The van der Waals surface area contributed by atoms with Gasteiger partial charge in [0.1, 0.15) is 0 Å². The van der Waals surface area contributed by atoms with Crippen LogP contribution in [0.15, 0.2) is 27.4 Å². The second kappa shape index (κ2) is 3.96. The number of piperazine rings is 1. The van der Waals surface area contributed by atoms with Gasteiger partial charge in [0, 0.05) is 32.7 Å². The van der Waals surface area contributed by atoms with E-state index in [1.165, 1.54) is 5.56 Å². The number of hydrogen-bond donors (Lipinski definition) is 0. The van der Waals surface area contributed by atoms with E-state index in [2.05, 4.69) is 29.0 Å². The highest BCUT2D eigenvalue weighted by Crippen LogP contribution is 2.20. The number of hydrogen-bond acceptors (Lipinski definition) is 4. The van der Waals surface area contributed by atoms with Gasteiger partial charge in [0.05, 0.1) is 0 Å². The summed E-state index contributed by atoms with van der Waals surface area (Å²) in [4.78, 5) is 4.84. The van der Waals surface area contributed by atoms with Crippen molar-refractivity contribution in [2.45, 2.75) is 6.54 Å². The van der Waals surface area contributed by atoms with Crippen LogP contribution < -0.4 is 0 Å². The van der Waals surface area contributed by atoms with Crippen LogP contribution in [0.5, 0.6) is 0 Å². The first kappa shape index (κ1) is 9.93. The summed E-state index contributed by atoms with van der Waals surface area (Å²) in [6, 6.07) is 6.15. The zero-order valence-electron chi connectivity index (χ0n) is 9.48. The Labute approximate surface area is 94.3 Å². The fourth-order valence-corrected chi connectivity index (χ4v) is 2.10. The van der Waals surface area contributed by atoms with Crippen molar-refractivity contribution in [3.63, 3.8) is 0 Å². The predicted octanol–water partition coefficient (Wildman–Crippen LogP) is 1.77. The van der Waals surface area contributed by atoms with Gasteiger partial charge in [0.2, 0.25) is 11.2 Å². The lowest BCUT2D eigenvalue weighted by atomic mass is 10.2. The van der Waals surface area contributed by atoms with Crippen LogP contribution in [0.2, 0.25) is 0 Å². The van der Waals surface area contributed by atoms with Crippen LogP contribution in [0.3, 0.4) is 0 Å². The molecule has 0 N–H and O–H groups in total. The van der Waals surface area contributed by atoms with E-state index in [4.69, 9.17) is 9.15 Å². The number of likely N-dealkylation sites (N-methyl/N-ethyl adjacent to an activating group) is 1. The third-order valence-electron chi connectivity index (χ3n) is 3.23. The van der Waals surface area contributed by atoms with Crippen LogP contribution in [-0.4, -0.2) is 43.0 Å². The first-order valence-electron chi connectivity index (χ1n) is 5.69. The van der Waals surface area contributed by atoms with Crippen molar-refractivity contribution in [2.24, 2.45) is 0 Å². The summed E-state index contributed by atoms with van der Waals surface area (Å²) in [5, 5.41) is 0. The number of rotatable bonds is 2. The monoisotopic (exact) mass is 220 g/mol. The molecule has 4 nitrogen and oxygen atoms in total. The molecule has 1 saturated heterocycles. The van der Waals surface area contributed by atoms with Gasteiger partial charge in [-0.25, -0.2) is 0 Å². The van der Waals surface area contributed by atoms with E-state index >= 15 is 0 Å². The van der Waals surface area contributed by atoms with Crippen LogP contribution in [0.4, 0.5) is 0 Å². The van der Waals surface area contributed by atoms with Crippen molar-refractivity contribution >= 4 is 11.2 Å². The largest absolute Gasteiger partial charge is 0.304 e. The van der Waals surface area contributed by atoms with Crippen LogP contribution in [0.1, 0.15) is 5.56 Å². The van der Waals surface area contributed by atoms with Gasteiger partial charge < -0.3 is 4.90 Å². The lowest BCUT2D eigenvalue weighted by Crippen LogP contribution is -2.43. The Kier molecular flexibility index (Phi) is 2.46. The summed E-state index contributed by atoms with van der Waals surface area (Å²) in [6.07, 6.45) is 0. The topological polar surface area (TPSA) is 32.8 Å². The maximum atomic E-state index is 4.90. The summed E-state index contributed by atoms with van der Waals surface area (Å²) in [5.41, 5.74) is 3.01. The van der Waals surface area contributed by atoms with Crippen molar-refractivity contribution in [2.75, 3.05) is 33.2 Å². The molecule has 86 valence electrons. The van der Waals surface area contributed by atoms with Crippen LogP contribution in [-0.2, 0) is 6.54 Å². The molecule has 0 spiro atoms. The minimum atomic E-state index is 0.849. The maximum Gasteiger partial charge on any atom is 0.226 e. The van der Waals surface area contributed by atoms with Gasteiger partial charge in [0.25, 0.3) is 0 Å². The average Bonchev–Trinajstić information content (AvgIpc) is 2.26. The third-order valence-corrected chi connectivity index (χ3v) is 3.23. The Hall–Kier alpha value is -1.26. The first-order chi connectivity index (χ1) is 7.81. The molecule has 0 bridgehead atoms. The van der Waals surface area contributed by atoms with Crippen LogP contribution in [0.25, 0.3) is 11.2 Å². The second-order valence-corrected chi connectivity index (χ2v) is 4.53. The van der Waals surface area contributed by atoms with Crippen LogP contribution in [0, 0.1) is 0 Å². The van der Waals surface area contributed by atoms with Crippen molar-refractivity contribution in [3.05, 3.63) is 23.8 Å². The molecule has 16 heavy (non-hydrogen) atoms. The van der Waals surface area contributed by atoms with Gasteiger partial charge in [-0.15, -0.1) is 0 Å². The lowest BCUT2D eigenvalue weighted by molar-refractivity contribution is 0.0587. The maximum absolute atomic E-state index is 4.90. The first-order valence-corrected chi connectivity index (χ1v) is 5.69. The molecule has 2 aromatic rings. The zero-order valence-corrected chi connectivity index (χ0v) is 9.48. The van der Waals surface area contributed by atoms with E-state index < -0.39 is 0 Å². The molecule has 4 heteroatoms. The molecular weight excluding hydrogens is 204 g/mol. The Balaban J connectivity index is 1.66. The van der Waals surface area contributed by atoms with E-state index in [0.29, 0.717) is 0 Å². The fourth-order valence-electron chi connectivity index (χ4n) is 2.10. The molecule has 1 fully saturated rings. The van der Waals surface area contributed by atoms with Crippen molar-refractivity contribution in [3.8, 4) is 0 Å². The summed E-state index contributed by atoms with van der Waals surface area (Å²) in [7, 11) is 2.17. The minimum Gasteiger partial charge on any atom is -0.304 e. The molecule has 0 atom stereocenters. The standard InChI is InChI=1S/C12H16N2O2/c1-13-4-6-14(7-5-13)9-10-2-3-11-12(8-10)16-15-11/h2-3,8H,4-7,9H2,1H3. The highest BCUT2D eigenvalue weighted by molar-refractivity contribution is 5.71. The van der Waals surface area contributed by atoms with E-state index in [0.717, 1.165) is 43.9 Å². The van der Waals surface area contributed by atoms with Crippen molar-refractivity contribution in [1.82, 2.24) is 9.80 Å². The quantitative estimate of drug-likeness (QED) is 0.722. The summed E-state index contributed by atoms with van der Waals surface area (Å²) < 4.78 is 9.71. The van der Waals surface area contributed by atoms with Gasteiger partial charge >= 0.3 is 0 Å². The van der Waals surface area contributed by atoms with Gasteiger partial charge in [-0.2, -0.15) is 0 Å². The number of fused-ring (bicyclic) bond motifs is 1. The van der Waals surface area contributed by atoms with Gasteiger partial charge in [0.15, 0.2) is 0 Å². The summed E-state index contributed by atoms with van der Waals surface area (Å²) in [6.45, 7) is 5.61. The molecule has 0 aliphatic carbocycles. The predicted molar refractivity (Wildman–Crippen MR) is 61.3 cm³/mol. The molecule has 1 aromatic heterocycles. The minimum absolute atomic E-state index is 0.849. The number of benzene rings is 1. The summed E-state index contributed by atoms with van der Waals surface area (Å²) >= 11 is 0. The molecule has 0 radical (unpaired) electrons. The lowest BCUT2D eigenvalue weighted by Gasteiger charge is -2.32. The SMILES string of the molecule is CN1CCN(Cc2ccc3ooc3c2)CC1. The fraction of sp³-hybridized carbons (Fsp3) is 0.500. The number of nitrogens with zero attached hydrogens (tertiary/aromatic N) is 2. The molecule has 1 aromatic carbocycles.